The minimum Gasteiger partial charge on any atom is -0.466 e. The minimum absolute atomic E-state index is 0.333. The average Bonchev–Trinajstić information content (AvgIpc) is 2.67. The second kappa shape index (κ2) is 6.25. The molecule has 0 aliphatic heterocycles. The zero-order valence-corrected chi connectivity index (χ0v) is 12.9. The molecule has 1 aromatic heterocycles. The van der Waals surface area contributed by atoms with Crippen LogP contribution in [0.15, 0.2) is 4.42 Å². The van der Waals surface area contributed by atoms with Crippen LogP contribution in [0.5, 0.6) is 0 Å². The molecule has 0 radical (unpaired) electrons. The van der Waals surface area contributed by atoms with E-state index in [1.54, 1.807) is 0 Å². The van der Waals surface area contributed by atoms with Crippen LogP contribution in [-0.2, 0) is 32.6 Å². The highest BCUT2D eigenvalue weighted by molar-refractivity contribution is 7.53. The van der Waals surface area contributed by atoms with Gasteiger partial charge in [-0.3, -0.25) is 4.57 Å². The van der Waals surface area contributed by atoms with Crippen molar-refractivity contribution >= 4 is 7.60 Å². The van der Waals surface area contributed by atoms with Gasteiger partial charge in [0.25, 0.3) is 0 Å². The topological polar surface area (TPSA) is 48.7 Å². The van der Waals surface area contributed by atoms with Crippen LogP contribution in [-0.4, -0.2) is 13.2 Å². The summed E-state index contributed by atoms with van der Waals surface area (Å²) in [6.07, 6.45) is 4.68. The van der Waals surface area contributed by atoms with E-state index in [2.05, 4.69) is 0 Å². The molecule has 0 fully saturated rings. The third-order valence-corrected chi connectivity index (χ3v) is 5.49. The fourth-order valence-electron chi connectivity index (χ4n) is 2.69. The van der Waals surface area contributed by atoms with Crippen LogP contribution < -0.4 is 0 Å². The maximum absolute atomic E-state index is 12.6. The number of hydrogen-bond acceptors (Lipinski definition) is 4. The molecule has 0 amide bonds. The second-order valence-electron chi connectivity index (χ2n) is 4.85. The Balaban J connectivity index is 2.26. The number of aryl methyl sites for hydroxylation is 2. The summed E-state index contributed by atoms with van der Waals surface area (Å²) in [7, 11) is -3.04. The molecule has 0 atom stereocenters. The van der Waals surface area contributed by atoms with E-state index in [0.717, 1.165) is 29.9 Å². The van der Waals surface area contributed by atoms with Gasteiger partial charge in [-0.15, -0.1) is 0 Å². The van der Waals surface area contributed by atoms with Crippen LogP contribution in [0.3, 0.4) is 0 Å². The molecule has 1 heterocycles. The molecule has 108 valence electrons. The number of fused-ring (bicyclic) bond motifs is 1. The molecule has 19 heavy (non-hydrogen) atoms. The molecule has 1 aliphatic carbocycles. The molecule has 0 unspecified atom stereocenters. The van der Waals surface area contributed by atoms with Gasteiger partial charge in [0, 0.05) is 12.0 Å². The minimum atomic E-state index is -3.04. The summed E-state index contributed by atoms with van der Waals surface area (Å²) in [5, 5.41) is 0. The first-order chi connectivity index (χ1) is 9.09. The molecule has 5 heteroatoms. The quantitative estimate of drug-likeness (QED) is 0.734. The predicted molar refractivity (Wildman–Crippen MR) is 74.6 cm³/mol. The van der Waals surface area contributed by atoms with Gasteiger partial charge < -0.3 is 13.5 Å². The lowest BCUT2D eigenvalue weighted by molar-refractivity contribution is 0.219. The van der Waals surface area contributed by atoms with Crippen LogP contribution >= 0.6 is 7.60 Å². The monoisotopic (exact) mass is 286 g/mol. The third-order valence-electron chi connectivity index (χ3n) is 3.49. The Morgan fingerprint density at radius 3 is 2.42 bits per heavy atom. The largest absolute Gasteiger partial charge is 0.466 e. The molecule has 1 aliphatic rings. The van der Waals surface area contributed by atoms with Gasteiger partial charge in [0.2, 0.25) is 0 Å². The molecule has 0 spiro atoms. The van der Waals surface area contributed by atoms with Crippen molar-refractivity contribution in [3.63, 3.8) is 0 Å². The number of hydrogen-bond donors (Lipinski definition) is 0. The summed E-state index contributed by atoms with van der Waals surface area (Å²) in [4.78, 5) is 0. The number of furan rings is 1. The molecule has 0 bridgehead atoms. The first-order valence-corrected chi connectivity index (χ1v) is 8.80. The molecular weight excluding hydrogens is 263 g/mol. The lowest BCUT2D eigenvalue weighted by Crippen LogP contribution is -2.04. The lowest BCUT2D eigenvalue weighted by atomic mass is 9.95. The van der Waals surface area contributed by atoms with Crippen molar-refractivity contribution < 1.29 is 18.0 Å². The average molecular weight is 286 g/mol. The Morgan fingerprint density at radius 2 is 1.79 bits per heavy atom. The Kier molecular flexibility index (Phi) is 4.88. The molecular formula is C14H23O4P. The van der Waals surface area contributed by atoms with Gasteiger partial charge in [0.1, 0.15) is 11.5 Å². The van der Waals surface area contributed by atoms with Gasteiger partial charge in [0.05, 0.1) is 19.4 Å². The van der Waals surface area contributed by atoms with E-state index in [4.69, 9.17) is 13.5 Å². The van der Waals surface area contributed by atoms with Crippen molar-refractivity contribution in [2.45, 2.75) is 52.6 Å². The first kappa shape index (κ1) is 14.8. The van der Waals surface area contributed by atoms with Crippen molar-refractivity contribution in [3.8, 4) is 0 Å². The summed E-state index contributed by atoms with van der Waals surface area (Å²) in [6, 6.07) is 0. The van der Waals surface area contributed by atoms with Crippen LogP contribution in [0, 0.1) is 6.92 Å². The predicted octanol–water partition coefficient (Wildman–Crippen LogP) is 4.23. The standard InChI is InChI=1S/C14H23O4P/c1-4-16-19(15,17-5-2)10-13-11(3)18-14-9-7-6-8-12(13)14/h4-10H2,1-3H3. The zero-order valence-electron chi connectivity index (χ0n) is 12.0. The number of rotatable bonds is 6. The molecule has 1 aromatic rings. The Bertz CT molecular complexity index is 468. The summed E-state index contributed by atoms with van der Waals surface area (Å²) in [6.45, 7) is 6.41. The van der Waals surface area contributed by atoms with Crippen molar-refractivity contribution in [2.24, 2.45) is 0 Å². The summed E-state index contributed by atoms with van der Waals surface area (Å²) < 4.78 is 29.2. The lowest BCUT2D eigenvalue weighted by Gasteiger charge is -2.18. The van der Waals surface area contributed by atoms with Crippen LogP contribution in [0.2, 0.25) is 0 Å². The van der Waals surface area contributed by atoms with Crippen LogP contribution in [0.25, 0.3) is 0 Å². The highest BCUT2D eigenvalue weighted by Gasteiger charge is 2.30. The molecule has 2 rings (SSSR count). The fourth-order valence-corrected chi connectivity index (χ4v) is 4.54. The SMILES string of the molecule is CCOP(=O)(Cc1c(C)oc2c1CCCC2)OCC. The normalized spacial score (nSPS) is 15.5. The van der Waals surface area contributed by atoms with E-state index < -0.39 is 7.60 Å². The van der Waals surface area contributed by atoms with Crippen molar-refractivity contribution in [1.29, 1.82) is 0 Å². The highest BCUT2D eigenvalue weighted by atomic mass is 31.2. The van der Waals surface area contributed by atoms with Crippen LogP contribution in [0.4, 0.5) is 0 Å². The van der Waals surface area contributed by atoms with Gasteiger partial charge in [-0.1, -0.05) is 0 Å². The molecule has 0 aromatic carbocycles. The third kappa shape index (κ3) is 3.31. The van der Waals surface area contributed by atoms with Gasteiger partial charge in [0.15, 0.2) is 0 Å². The maximum Gasteiger partial charge on any atom is 0.335 e. The highest BCUT2D eigenvalue weighted by Crippen LogP contribution is 2.53. The van der Waals surface area contributed by atoms with E-state index in [1.807, 2.05) is 20.8 Å². The smallest absolute Gasteiger partial charge is 0.335 e. The van der Waals surface area contributed by atoms with Gasteiger partial charge in [-0.25, -0.2) is 0 Å². The summed E-state index contributed by atoms with van der Waals surface area (Å²) in [5.74, 6) is 1.94. The molecule has 4 nitrogen and oxygen atoms in total. The summed E-state index contributed by atoms with van der Waals surface area (Å²) >= 11 is 0. The zero-order chi connectivity index (χ0) is 13.9. The van der Waals surface area contributed by atoms with E-state index in [9.17, 15) is 4.57 Å². The van der Waals surface area contributed by atoms with Gasteiger partial charge in [-0.2, -0.15) is 0 Å². The van der Waals surface area contributed by atoms with Crippen LogP contribution in [0.1, 0.15) is 49.3 Å². The summed E-state index contributed by atoms with van der Waals surface area (Å²) in [5.41, 5.74) is 2.28. The molecule has 0 saturated carbocycles. The second-order valence-corrected chi connectivity index (χ2v) is 6.90. The van der Waals surface area contributed by atoms with Crippen molar-refractivity contribution in [1.82, 2.24) is 0 Å². The Morgan fingerprint density at radius 1 is 1.16 bits per heavy atom. The Labute approximate surface area is 115 Å². The Hall–Kier alpha value is -0.570. The molecule has 0 saturated heterocycles. The van der Waals surface area contributed by atoms with E-state index >= 15 is 0 Å². The van der Waals surface area contributed by atoms with E-state index in [1.165, 1.54) is 18.4 Å². The van der Waals surface area contributed by atoms with Crippen molar-refractivity contribution in [3.05, 3.63) is 22.6 Å². The first-order valence-electron chi connectivity index (χ1n) is 7.07. The fraction of sp³-hybridized carbons (Fsp3) is 0.714. The maximum atomic E-state index is 12.6. The van der Waals surface area contributed by atoms with E-state index in [0.29, 0.717) is 19.4 Å². The molecule has 0 N–H and O–H groups in total. The van der Waals surface area contributed by atoms with Gasteiger partial charge >= 0.3 is 7.60 Å². The van der Waals surface area contributed by atoms with E-state index in [-0.39, 0.29) is 0 Å². The van der Waals surface area contributed by atoms with Gasteiger partial charge in [-0.05, 0) is 45.6 Å². The van der Waals surface area contributed by atoms with Crippen molar-refractivity contribution in [2.75, 3.05) is 13.2 Å².